The van der Waals surface area contributed by atoms with Gasteiger partial charge in [0.1, 0.15) is 5.75 Å². The highest BCUT2D eigenvalue weighted by atomic mass is 35.5. The molecule has 0 aromatic heterocycles. The van der Waals surface area contributed by atoms with Crippen molar-refractivity contribution in [3.8, 4) is 5.75 Å². The van der Waals surface area contributed by atoms with E-state index in [4.69, 9.17) is 10.8 Å². The molecule has 0 radical (unpaired) electrons. The summed E-state index contributed by atoms with van der Waals surface area (Å²) < 4.78 is 0. The summed E-state index contributed by atoms with van der Waals surface area (Å²) in [4.78, 5) is 0. The minimum Gasteiger partial charge on any atom is -0.508 e. The fraction of sp³-hybridized carbons (Fsp3) is 0.333. The van der Waals surface area contributed by atoms with Crippen LogP contribution in [0.5, 0.6) is 5.75 Å². The van der Waals surface area contributed by atoms with Crippen LogP contribution in [0, 0.1) is 0 Å². The zero-order valence-electron chi connectivity index (χ0n) is 6.60. The van der Waals surface area contributed by atoms with Gasteiger partial charge in [-0.1, -0.05) is 12.1 Å². The molecule has 0 bridgehead atoms. The zero-order chi connectivity index (χ0) is 7.84. The van der Waals surface area contributed by atoms with E-state index in [0.717, 1.165) is 6.42 Å². The molecule has 66 valence electrons. The molecule has 0 unspecified atom stereocenters. The Balaban J connectivity index is 0.000000720. The first-order valence-electron chi connectivity index (χ1n) is 3.82. The summed E-state index contributed by atoms with van der Waals surface area (Å²) in [6.45, 7) is 0. The van der Waals surface area contributed by atoms with E-state index in [2.05, 4.69) is 0 Å². The van der Waals surface area contributed by atoms with E-state index >= 15 is 0 Å². The van der Waals surface area contributed by atoms with E-state index < -0.39 is 0 Å². The van der Waals surface area contributed by atoms with Gasteiger partial charge < -0.3 is 10.8 Å². The summed E-state index contributed by atoms with van der Waals surface area (Å²) in [5.74, 6) is 0.860. The van der Waals surface area contributed by atoms with E-state index in [9.17, 15) is 0 Å². The largest absolute Gasteiger partial charge is 0.508 e. The third-order valence-corrected chi connectivity index (χ3v) is 2.16. The Kier molecular flexibility index (Phi) is 2.60. The second-order valence-electron chi connectivity index (χ2n) is 3.10. The lowest BCUT2D eigenvalue weighted by Crippen LogP contribution is -2.00. The highest BCUT2D eigenvalue weighted by Gasteiger charge is 2.34. The van der Waals surface area contributed by atoms with Crippen LogP contribution < -0.4 is 5.73 Å². The molecular formula is C9H12ClNO. The Labute approximate surface area is 77.8 Å². The minimum atomic E-state index is 0. The molecule has 3 N–H and O–H groups in total. The Morgan fingerprint density at radius 1 is 1.25 bits per heavy atom. The fourth-order valence-electron chi connectivity index (χ4n) is 1.32. The molecular weight excluding hydrogens is 174 g/mol. The van der Waals surface area contributed by atoms with E-state index in [0.29, 0.717) is 17.7 Å². The van der Waals surface area contributed by atoms with Crippen molar-refractivity contribution in [2.75, 3.05) is 0 Å². The van der Waals surface area contributed by atoms with Crippen molar-refractivity contribution in [1.82, 2.24) is 0 Å². The summed E-state index contributed by atoms with van der Waals surface area (Å²) in [7, 11) is 0. The number of hydrogen-bond donors (Lipinski definition) is 2. The molecule has 0 amide bonds. The number of phenols is 1. The number of aromatic hydroxyl groups is 1. The Morgan fingerprint density at radius 2 is 1.75 bits per heavy atom. The van der Waals surface area contributed by atoms with Gasteiger partial charge in [-0.25, -0.2) is 0 Å². The highest BCUT2D eigenvalue weighted by Crippen LogP contribution is 2.39. The van der Waals surface area contributed by atoms with Crippen molar-refractivity contribution < 1.29 is 5.11 Å². The van der Waals surface area contributed by atoms with Crippen LogP contribution in [-0.2, 0) is 0 Å². The van der Waals surface area contributed by atoms with Crippen LogP contribution in [0.4, 0.5) is 0 Å². The molecule has 1 aromatic carbocycles. The monoisotopic (exact) mass is 185 g/mol. The summed E-state index contributed by atoms with van der Waals surface area (Å²) >= 11 is 0. The van der Waals surface area contributed by atoms with Gasteiger partial charge in [0.25, 0.3) is 0 Å². The standard InChI is InChI=1S/C9H11NO.ClH/c10-9-5-8(9)6-1-3-7(11)4-2-6;/h1-4,8-9,11H,5,10H2;1H/t8-,9+;/m1./s1. The number of phenolic OH excluding ortho intramolecular Hbond substituents is 1. The van der Waals surface area contributed by atoms with Crippen molar-refractivity contribution in [2.45, 2.75) is 18.4 Å². The first-order chi connectivity index (χ1) is 5.27. The third-order valence-electron chi connectivity index (χ3n) is 2.16. The third kappa shape index (κ3) is 1.71. The summed E-state index contributed by atoms with van der Waals surface area (Å²) in [6.07, 6.45) is 1.09. The zero-order valence-corrected chi connectivity index (χ0v) is 7.42. The fourth-order valence-corrected chi connectivity index (χ4v) is 1.32. The first-order valence-corrected chi connectivity index (χ1v) is 3.82. The molecule has 1 aromatic rings. The van der Waals surface area contributed by atoms with Gasteiger partial charge in [-0.3, -0.25) is 0 Å². The number of rotatable bonds is 1. The number of hydrogen-bond acceptors (Lipinski definition) is 2. The minimum absolute atomic E-state index is 0. The molecule has 2 rings (SSSR count). The van der Waals surface area contributed by atoms with E-state index in [1.54, 1.807) is 12.1 Å². The van der Waals surface area contributed by atoms with Gasteiger partial charge in [-0.05, 0) is 24.1 Å². The molecule has 1 aliphatic rings. The van der Waals surface area contributed by atoms with Crippen molar-refractivity contribution in [3.05, 3.63) is 29.8 Å². The average Bonchev–Trinajstić information content (AvgIpc) is 2.69. The molecule has 3 heteroatoms. The van der Waals surface area contributed by atoms with Gasteiger partial charge in [-0.2, -0.15) is 0 Å². The maximum Gasteiger partial charge on any atom is 0.115 e. The predicted molar refractivity (Wildman–Crippen MR) is 50.7 cm³/mol. The van der Waals surface area contributed by atoms with Crippen LogP contribution in [0.1, 0.15) is 17.9 Å². The smallest absolute Gasteiger partial charge is 0.115 e. The molecule has 2 atom stereocenters. The molecule has 0 spiro atoms. The topological polar surface area (TPSA) is 46.2 Å². The molecule has 1 fully saturated rings. The number of benzene rings is 1. The van der Waals surface area contributed by atoms with Gasteiger partial charge in [0.15, 0.2) is 0 Å². The Hall–Kier alpha value is -0.730. The van der Waals surface area contributed by atoms with Crippen molar-refractivity contribution in [3.63, 3.8) is 0 Å². The van der Waals surface area contributed by atoms with Gasteiger partial charge in [-0.15, -0.1) is 12.4 Å². The van der Waals surface area contributed by atoms with Gasteiger partial charge in [0.2, 0.25) is 0 Å². The van der Waals surface area contributed by atoms with E-state index in [1.807, 2.05) is 12.1 Å². The normalized spacial score (nSPS) is 26.1. The summed E-state index contributed by atoms with van der Waals surface area (Å²) in [5, 5.41) is 8.99. The van der Waals surface area contributed by atoms with Gasteiger partial charge in [0, 0.05) is 12.0 Å². The molecule has 1 saturated carbocycles. The average molecular weight is 186 g/mol. The molecule has 0 aliphatic heterocycles. The lowest BCUT2D eigenvalue weighted by atomic mass is 10.1. The van der Waals surface area contributed by atoms with Gasteiger partial charge in [0.05, 0.1) is 0 Å². The van der Waals surface area contributed by atoms with Crippen LogP contribution in [0.15, 0.2) is 24.3 Å². The van der Waals surface area contributed by atoms with Crippen LogP contribution in [0.2, 0.25) is 0 Å². The van der Waals surface area contributed by atoms with Crippen LogP contribution in [0.3, 0.4) is 0 Å². The second-order valence-corrected chi connectivity index (χ2v) is 3.10. The predicted octanol–water partition coefficient (Wildman–Crippen LogP) is 1.63. The van der Waals surface area contributed by atoms with E-state index in [1.165, 1.54) is 5.56 Å². The van der Waals surface area contributed by atoms with Crippen LogP contribution >= 0.6 is 12.4 Å². The highest BCUT2D eigenvalue weighted by molar-refractivity contribution is 5.85. The molecule has 2 nitrogen and oxygen atoms in total. The first kappa shape index (κ1) is 9.36. The maximum atomic E-state index is 8.99. The molecule has 0 saturated heterocycles. The van der Waals surface area contributed by atoms with Crippen LogP contribution in [-0.4, -0.2) is 11.1 Å². The SMILES string of the molecule is Cl.N[C@H]1C[C@@H]1c1ccc(O)cc1. The number of nitrogens with two attached hydrogens (primary N) is 1. The molecule has 12 heavy (non-hydrogen) atoms. The molecule has 0 heterocycles. The summed E-state index contributed by atoms with van der Waals surface area (Å²) in [5.41, 5.74) is 6.92. The lowest BCUT2D eigenvalue weighted by Gasteiger charge is -1.97. The lowest BCUT2D eigenvalue weighted by molar-refractivity contribution is 0.475. The van der Waals surface area contributed by atoms with Crippen molar-refractivity contribution >= 4 is 12.4 Å². The second kappa shape index (κ2) is 3.33. The summed E-state index contributed by atoms with van der Waals surface area (Å²) in [6, 6.07) is 7.64. The molecule has 1 aliphatic carbocycles. The van der Waals surface area contributed by atoms with Crippen molar-refractivity contribution in [2.24, 2.45) is 5.73 Å². The Morgan fingerprint density at radius 3 is 2.17 bits per heavy atom. The maximum absolute atomic E-state index is 8.99. The van der Waals surface area contributed by atoms with Crippen LogP contribution in [0.25, 0.3) is 0 Å². The number of halogens is 1. The Bertz CT molecular complexity index is 260. The van der Waals surface area contributed by atoms with Crippen molar-refractivity contribution in [1.29, 1.82) is 0 Å². The van der Waals surface area contributed by atoms with Gasteiger partial charge >= 0.3 is 0 Å². The quantitative estimate of drug-likeness (QED) is 0.699. The van der Waals surface area contributed by atoms with E-state index in [-0.39, 0.29) is 12.4 Å².